The highest BCUT2D eigenvalue weighted by atomic mass is 19.1. The molecule has 4 aromatic rings. The quantitative estimate of drug-likeness (QED) is 0.154. The third-order valence-corrected chi connectivity index (χ3v) is 8.06. The van der Waals surface area contributed by atoms with Crippen molar-refractivity contribution in [1.82, 2.24) is 20.9 Å². The Bertz CT molecular complexity index is 1680. The third kappa shape index (κ3) is 5.44. The first-order valence-corrected chi connectivity index (χ1v) is 13.7. The first-order valence-electron chi connectivity index (χ1n) is 13.7. The molecular weight excluding hydrogens is 558 g/mol. The highest BCUT2D eigenvalue weighted by molar-refractivity contribution is 5.94. The SMILES string of the molecule is CN(c1ncc(C(=O)NO)cc1F)C1(c2ccc(ONC(=O)c3cnc(NC4(c5ccccc5)CC4)c(F)c3)cc2)CC1. The second-order valence-corrected chi connectivity index (χ2v) is 10.7. The lowest BCUT2D eigenvalue weighted by Crippen LogP contribution is -2.33. The molecule has 0 radical (unpaired) electrons. The largest absolute Gasteiger partial charge is 0.379 e. The lowest BCUT2D eigenvalue weighted by atomic mass is 10.0. The molecule has 2 saturated carbocycles. The molecule has 2 aromatic heterocycles. The maximum atomic E-state index is 14.9. The van der Waals surface area contributed by atoms with Crippen LogP contribution in [0.2, 0.25) is 0 Å². The van der Waals surface area contributed by atoms with Gasteiger partial charge in [0.2, 0.25) is 0 Å². The summed E-state index contributed by atoms with van der Waals surface area (Å²) in [5.41, 5.74) is 4.75. The first kappa shape index (κ1) is 28.0. The van der Waals surface area contributed by atoms with Gasteiger partial charge in [0.15, 0.2) is 29.0 Å². The molecular formula is C31H28F2N6O4. The number of hydrogen-bond donors (Lipinski definition) is 4. The summed E-state index contributed by atoms with van der Waals surface area (Å²) in [4.78, 5) is 39.6. The molecule has 43 heavy (non-hydrogen) atoms. The van der Waals surface area contributed by atoms with E-state index >= 15 is 0 Å². The minimum Gasteiger partial charge on any atom is -0.379 e. The molecule has 2 amide bonds. The summed E-state index contributed by atoms with van der Waals surface area (Å²) >= 11 is 0. The van der Waals surface area contributed by atoms with Gasteiger partial charge < -0.3 is 15.1 Å². The summed E-state index contributed by atoms with van der Waals surface area (Å²) in [6.45, 7) is 0. The number of nitrogens with zero attached hydrogens (tertiary/aromatic N) is 3. The summed E-state index contributed by atoms with van der Waals surface area (Å²) in [5, 5.41) is 12.0. The number of carbonyl (C=O) groups is 2. The summed E-state index contributed by atoms with van der Waals surface area (Å²) in [6, 6.07) is 18.8. The number of hydroxylamine groups is 2. The fourth-order valence-corrected chi connectivity index (χ4v) is 5.25. The summed E-state index contributed by atoms with van der Waals surface area (Å²) in [7, 11) is 1.72. The summed E-state index contributed by atoms with van der Waals surface area (Å²) in [5.74, 6) is -2.38. The van der Waals surface area contributed by atoms with Gasteiger partial charge in [-0.25, -0.2) is 24.2 Å². The zero-order valence-electron chi connectivity index (χ0n) is 23.1. The van der Waals surface area contributed by atoms with E-state index in [-0.39, 0.29) is 28.3 Å². The molecule has 220 valence electrons. The van der Waals surface area contributed by atoms with Crippen molar-refractivity contribution in [2.24, 2.45) is 0 Å². The number of amides is 2. The Morgan fingerprint density at radius 3 is 2.12 bits per heavy atom. The topological polar surface area (TPSA) is 129 Å². The summed E-state index contributed by atoms with van der Waals surface area (Å²) in [6.07, 6.45) is 5.69. The molecule has 0 spiro atoms. The van der Waals surface area contributed by atoms with E-state index in [1.807, 2.05) is 30.3 Å². The van der Waals surface area contributed by atoms with Crippen molar-refractivity contribution in [2.75, 3.05) is 17.3 Å². The molecule has 2 aliphatic carbocycles. The fraction of sp³-hybridized carbons (Fsp3) is 0.226. The minimum atomic E-state index is -0.856. The zero-order chi connectivity index (χ0) is 30.2. The van der Waals surface area contributed by atoms with Crippen LogP contribution in [-0.4, -0.2) is 34.0 Å². The van der Waals surface area contributed by atoms with Crippen LogP contribution in [0.5, 0.6) is 5.75 Å². The number of pyridine rings is 2. The van der Waals surface area contributed by atoms with Crippen LogP contribution in [0.15, 0.2) is 79.1 Å². The maximum Gasteiger partial charge on any atom is 0.285 e. The van der Waals surface area contributed by atoms with E-state index in [0.29, 0.717) is 5.75 Å². The van der Waals surface area contributed by atoms with Crippen molar-refractivity contribution in [3.05, 3.63) is 113 Å². The van der Waals surface area contributed by atoms with Gasteiger partial charge in [0.1, 0.15) is 0 Å². The van der Waals surface area contributed by atoms with E-state index in [0.717, 1.165) is 48.9 Å². The number of halogens is 2. The molecule has 12 heteroatoms. The van der Waals surface area contributed by atoms with Gasteiger partial charge in [-0.3, -0.25) is 14.8 Å². The molecule has 2 fully saturated rings. The van der Waals surface area contributed by atoms with Crippen molar-refractivity contribution < 1.29 is 28.4 Å². The number of hydrogen-bond acceptors (Lipinski definition) is 8. The molecule has 0 unspecified atom stereocenters. The molecule has 2 aromatic carbocycles. The predicted molar refractivity (Wildman–Crippen MR) is 152 cm³/mol. The Kier molecular flexibility index (Phi) is 7.14. The number of nitrogens with one attached hydrogen (secondary N) is 3. The fourth-order valence-electron chi connectivity index (χ4n) is 5.25. The normalized spacial score (nSPS) is 15.6. The Morgan fingerprint density at radius 1 is 0.860 bits per heavy atom. The average Bonchev–Trinajstić information content (AvgIpc) is 3.97. The smallest absolute Gasteiger partial charge is 0.285 e. The van der Waals surface area contributed by atoms with E-state index in [2.05, 4.69) is 20.8 Å². The van der Waals surface area contributed by atoms with Gasteiger partial charge in [0.25, 0.3) is 11.8 Å². The van der Waals surface area contributed by atoms with E-state index in [4.69, 9.17) is 10.0 Å². The molecule has 2 heterocycles. The number of aromatic nitrogens is 2. The Balaban J connectivity index is 1.08. The third-order valence-electron chi connectivity index (χ3n) is 8.06. The first-order chi connectivity index (χ1) is 20.7. The minimum absolute atomic E-state index is 0.000184. The second kappa shape index (κ2) is 11.0. The summed E-state index contributed by atoms with van der Waals surface area (Å²) < 4.78 is 29.7. The van der Waals surface area contributed by atoms with Crippen LogP contribution < -0.4 is 26.0 Å². The van der Waals surface area contributed by atoms with Crippen LogP contribution in [0.3, 0.4) is 0 Å². The lowest BCUT2D eigenvalue weighted by Gasteiger charge is -2.30. The van der Waals surface area contributed by atoms with Crippen LogP contribution in [-0.2, 0) is 11.1 Å². The van der Waals surface area contributed by atoms with Crippen LogP contribution in [0, 0.1) is 11.6 Å². The highest BCUT2D eigenvalue weighted by Crippen LogP contribution is 2.52. The second-order valence-electron chi connectivity index (χ2n) is 10.7. The number of benzene rings is 2. The molecule has 4 N–H and O–H groups in total. The Hall–Kier alpha value is -5.10. The van der Waals surface area contributed by atoms with E-state index < -0.39 is 29.0 Å². The van der Waals surface area contributed by atoms with Crippen LogP contribution in [0.4, 0.5) is 20.4 Å². The Morgan fingerprint density at radius 2 is 1.51 bits per heavy atom. The molecule has 10 nitrogen and oxygen atoms in total. The number of anilines is 2. The van der Waals surface area contributed by atoms with Crippen molar-refractivity contribution in [2.45, 2.75) is 36.8 Å². The van der Waals surface area contributed by atoms with Crippen molar-refractivity contribution in [3.8, 4) is 5.75 Å². The molecule has 0 bridgehead atoms. The van der Waals surface area contributed by atoms with Crippen LogP contribution in [0.25, 0.3) is 0 Å². The number of rotatable bonds is 10. The number of carbonyl (C=O) groups excluding carboxylic acids is 2. The molecule has 0 saturated heterocycles. The van der Waals surface area contributed by atoms with Crippen molar-refractivity contribution >= 4 is 23.5 Å². The molecule has 6 rings (SSSR count). The van der Waals surface area contributed by atoms with E-state index in [1.54, 1.807) is 36.2 Å². The van der Waals surface area contributed by atoms with Gasteiger partial charge in [0.05, 0.1) is 22.2 Å². The Labute approximate surface area is 245 Å². The molecule has 2 aliphatic rings. The van der Waals surface area contributed by atoms with E-state index in [1.165, 1.54) is 17.9 Å². The lowest BCUT2D eigenvalue weighted by molar-refractivity contribution is 0.0705. The maximum absolute atomic E-state index is 14.9. The predicted octanol–water partition coefficient (Wildman–Crippen LogP) is 4.82. The van der Waals surface area contributed by atoms with Gasteiger partial charge in [-0.15, -0.1) is 0 Å². The standard InChI is InChI=1S/C31H28F2N6O4/c1-39(27-25(33)16-19(18-35-27)28(40)37-42)31(13-14-31)22-7-9-23(10-8-22)43-38-29(41)20-15-24(32)26(34-17-20)36-30(11-12-30)21-5-3-2-4-6-21/h2-10,15-18,42H,11-14H2,1H3,(H,34,36)(H,37,40)(H,38,41). The highest BCUT2D eigenvalue weighted by Gasteiger charge is 2.49. The van der Waals surface area contributed by atoms with Gasteiger partial charge in [-0.1, -0.05) is 42.5 Å². The van der Waals surface area contributed by atoms with Gasteiger partial charge in [-0.2, -0.15) is 5.48 Å². The van der Waals surface area contributed by atoms with E-state index in [9.17, 15) is 18.4 Å². The zero-order valence-corrected chi connectivity index (χ0v) is 23.1. The van der Waals surface area contributed by atoms with Crippen LogP contribution >= 0.6 is 0 Å². The molecule has 0 aliphatic heterocycles. The van der Waals surface area contributed by atoms with Gasteiger partial charge in [-0.05, 0) is 61.1 Å². The van der Waals surface area contributed by atoms with Crippen molar-refractivity contribution in [1.29, 1.82) is 0 Å². The van der Waals surface area contributed by atoms with Gasteiger partial charge in [0, 0.05) is 19.4 Å². The monoisotopic (exact) mass is 586 g/mol. The van der Waals surface area contributed by atoms with Crippen molar-refractivity contribution in [3.63, 3.8) is 0 Å². The molecule has 0 atom stereocenters. The van der Waals surface area contributed by atoms with Crippen LogP contribution in [0.1, 0.15) is 57.5 Å². The van der Waals surface area contributed by atoms with Gasteiger partial charge >= 0.3 is 0 Å². The average molecular weight is 587 g/mol.